The van der Waals surface area contributed by atoms with Crippen LogP contribution in [0.15, 0.2) is 0 Å². The summed E-state index contributed by atoms with van der Waals surface area (Å²) in [6, 6.07) is 3.30. The van der Waals surface area contributed by atoms with E-state index >= 15 is 0 Å². The van der Waals surface area contributed by atoms with Crippen molar-refractivity contribution in [1.82, 2.24) is 4.90 Å². The zero-order chi connectivity index (χ0) is 8.04. The van der Waals surface area contributed by atoms with Gasteiger partial charge >= 0.3 is 0 Å². The Morgan fingerprint density at radius 1 is 0.917 bits per heavy atom. The molecule has 0 spiro atoms. The minimum atomic E-state index is 0.614. The van der Waals surface area contributed by atoms with Crippen LogP contribution in [0.1, 0.15) is 20.8 Å². The number of nitrogens with zero attached hydrogens (tertiary/aromatic N) is 1. The smallest absolute Gasteiger partial charge is 0.0200 e. The van der Waals surface area contributed by atoms with Gasteiger partial charge in [0, 0.05) is 18.1 Å². The van der Waals surface area contributed by atoms with Crippen molar-refractivity contribution < 1.29 is 0 Å². The maximum absolute atomic E-state index is 2.80. The van der Waals surface area contributed by atoms with Crippen molar-refractivity contribution >= 4 is 0 Å². The van der Waals surface area contributed by atoms with Crippen LogP contribution in [0, 0.1) is 28.6 Å². The number of hydrogen-bond donors (Lipinski definition) is 0. The molecular weight excluding hydrogens is 146 g/mol. The molecule has 0 aromatic rings. The molecule has 3 aliphatic heterocycles. The van der Waals surface area contributed by atoms with Gasteiger partial charge in [-0.25, -0.2) is 0 Å². The van der Waals surface area contributed by atoms with Crippen LogP contribution in [-0.2, 0) is 0 Å². The van der Waals surface area contributed by atoms with Crippen molar-refractivity contribution in [2.45, 2.75) is 38.9 Å². The van der Waals surface area contributed by atoms with E-state index in [9.17, 15) is 0 Å². The molecule has 0 aromatic heterocycles. The molecule has 6 aliphatic rings. The van der Waals surface area contributed by atoms with Gasteiger partial charge < -0.3 is 0 Å². The Morgan fingerprint density at radius 3 is 1.58 bits per heavy atom. The second-order valence-electron chi connectivity index (χ2n) is 6.68. The van der Waals surface area contributed by atoms with E-state index in [1.54, 1.807) is 0 Å². The van der Waals surface area contributed by atoms with Gasteiger partial charge in [0.25, 0.3) is 0 Å². The average Bonchev–Trinajstić information content (AvgIpc) is 2.03. The van der Waals surface area contributed by atoms with Crippen LogP contribution in [0.2, 0.25) is 0 Å². The fraction of sp³-hybridized carbons (Fsp3) is 1.00. The average molecular weight is 161 g/mol. The molecule has 0 bridgehead atoms. The monoisotopic (exact) mass is 161 g/mol. The third kappa shape index (κ3) is 0.202. The molecule has 1 heteroatoms. The summed E-state index contributed by atoms with van der Waals surface area (Å²) in [5, 5.41) is 0. The van der Waals surface area contributed by atoms with Crippen molar-refractivity contribution in [2.75, 3.05) is 0 Å². The fourth-order valence-corrected chi connectivity index (χ4v) is 6.19. The summed E-state index contributed by atoms with van der Waals surface area (Å²) in [6.07, 6.45) is 0. The second-order valence-corrected chi connectivity index (χ2v) is 6.68. The molecule has 12 heavy (non-hydrogen) atoms. The Bertz CT molecular complexity index is 274. The van der Waals surface area contributed by atoms with E-state index in [-0.39, 0.29) is 0 Å². The van der Waals surface area contributed by atoms with E-state index in [0.29, 0.717) is 5.41 Å². The zero-order valence-electron chi connectivity index (χ0n) is 7.91. The maximum atomic E-state index is 2.80. The Kier molecular flexibility index (Phi) is 0.470. The lowest BCUT2D eigenvalue weighted by molar-refractivity contribution is -0.614. The Morgan fingerprint density at radius 2 is 1.33 bits per heavy atom. The van der Waals surface area contributed by atoms with Crippen LogP contribution in [0.4, 0.5) is 0 Å². The second kappa shape index (κ2) is 1.00. The van der Waals surface area contributed by atoms with E-state index in [2.05, 4.69) is 25.7 Å². The molecule has 6 rings (SSSR count). The molecule has 3 saturated heterocycles. The summed E-state index contributed by atoms with van der Waals surface area (Å²) in [4.78, 5) is 2.80. The van der Waals surface area contributed by atoms with Crippen molar-refractivity contribution in [2.24, 2.45) is 28.6 Å². The van der Waals surface area contributed by atoms with E-state index in [1.165, 1.54) is 0 Å². The molecule has 0 radical (unpaired) electrons. The summed E-state index contributed by atoms with van der Waals surface area (Å²) in [6.45, 7) is 7.43. The van der Waals surface area contributed by atoms with E-state index in [0.717, 1.165) is 41.3 Å². The van der Waals surface area contributed by atoms with E-state index < -0.39 is 0 Å². The van der Waals surface area contributed by atoms with Crippen LogP contribution in [-0.4, -0.2) is 23.0 Å². The van der Waals surface area contributed by atoms with Gasteiger partial charge in [0.15, 0.2) is 0 Å². The Hall–Kier alpha value is -0.0400. The quantitative estimate of drug-likeness (QED) is 0.518. The van der Waals surface area contributed by atoms with Crippen LogP contribution in [0.25, 0.3) is 0 Å². The first-order valence-corrected chi connectivity index (χ1v) is 5.39. The predicted molar refractivity (Wildman–Crippen MR) is 45.6 cm³/mol. The van der Waals surface area contributed by atoms with Gasteiger partial charge in [-0.3, -0.25) is 4.90 Å². The molecule has 6 fully saturated rings. The first kappa shape index (κ1) is 5.64. The van der Waals surface area contributed by atoms with Gasteiger partial charge in [0.1, 0.15) is 0 Å². The lowest BCUT2D eigenvalue weighted by Gasteiger charge is -3.10. The summed E-state index contributed by atoms with van der Waals surface area (Å²) >= 11 is 0. The van der Waals surface area contributed by atoms with Crippen LogP contribution in [0.3, 0.4) is 0 Å². The van der Waals surface area contributed by atoms with Crippen molar-refractivity contribution in [3.63, 3.8) is 0 Å². The van der Waals surface area contributed by atoms with E-state index in [4.69, 9.17) is 0 Å². The normalized spacial score (nSPS) is 79.2. The highest BCUT2D eigenvalue weighted by atomic mass is 15.5. The van der Waals surface area contributed by atoms with Crippen LogP contribution < -0.4 is 0 Å². The lowest BCUT2D eigenvalue weighted by atomic mass is 9.07. The number of rotatable bonds is 0. The van der Waals surface area contributed by atoms with Gasteiger partial charge in [-0.15, -0.1) is 0 Å². The highest BCUT2D eigenvalue weighted by Gasteiger charge is 3.05. The Balaban J connectivity index is 1.72. The van der Waals surface area contributed by atoms with E-state index in [1.807, 2.05) is 0 Å². The third-order valence-electron chi connectivity index (χ3n) is 6.19. The van der Waals surface area contributed by atoms with Gasteiger partial charge in [0.05, 0.1) is 0 Å². The third-order valence-corrected chi connectivity index (χ3v) is 6.19. The molecule has 3 aliphatic carbocycles. The number of hydrogen-bond acceptors (Lipinski definition) is 1. The molecule has 3 heterocycles. The summed E-state index contributed by atoms with van der Waals surface area (Å²) in [7, 11) is 0. The molecule has 0 N–H and O–H groups in total. The molecule has 0 aromatic carbocycles. The Labute approximate surface area is 73.1 Å². The molecular formula is C11H15N. The van der Waals surface area contributed by atoms with Crippen LogP contribution in [0.5, 0.6) is 0 Å². The minimum Gasteiger partial charge on any atom is -0.292 e. The number of piperidine rings is 12. The van der Waals surface area contributed by atoms with Crippen molar-refractivity contribution in [1.29, 1.82) is 0 Å². The molecule has 0 amide bonds. The highest BCUT2D eigenvalue weighted by molar-refractivity contribution is 5.56. The maximum Gasteiger partial charge on any atom is 0.0200 e. The summed E-state index contributed by atoms with van der Waals surface area (Å²) < 4.78 is 0. The standard InChI is InChI=1S/C11H15N/c1-10(2,3)11-4-7-5(11)9-6(11)8(4)12(7)9/h4-9H,1-3H3. The molecule has 3 saturated carbocycles. The van der Waals surface area contributed by atoms with Gasteiger partial charge in [-0.2, -0.15) is 0 Å². The first-order chi connectivity index (χ1) is 5.62. The minimum absolute atomic E-state index is 0.614. The first-order valence-electron chi connectivity index (χ1n) is 5.39. The van der Waals surface area contributed by atoms with Crippen molar-refractivity contribution in [3.8, 4) is 0 Å². The van der Waals surface area contributed by atoms with Crippen molar-refractivity contribution in [3.05, 3.63) is 0 Å². The topological polar surface area (TPSA) is 3.24 Å². The fourth-order valence-electron chi connectivity index (χ4n) is 6.19. The SMILES string of the molecule is CC(C)(C)C12C3C4C1C1C2C3N41. The summed E-state index contributed by atoms with van der Waals surface area (Å²) in [5.74, 6) is 3.49. The van der Waals surface area contributed by atoms with Gasteiger partial charge in [-0.05, 0) is 28.6 Å². The predicted octanol–water partition coefficient (Wildman–Crippen LogP) is 1.34. The molecule has 0 atom stereocenters. The van der Waals surface area contributed by atoms with Crippen LogP contribution >= 0.6 is 0 Å². The molecule has 0 unspecified atom stereocenters. The summed E-state index contributed by atoms with van der Waals surface area (Å²) in [5.41, 5.74) is 1.48. The largest absolute Gasteiger partial charge is 0.292 e. The zero-order valence-corrected chi connectivity index (χ0v) is 7.91. The molecule has 1 nitrogen and oxygen atoms in total. The highest BCUT2D eigenvalue weighted by Crippen LogP contribution is 2.99. The van der Waals surface area contributed by atoms with Gasteiger partial charge in [-0.1, -0.05) is 20.8 Å². The lowest BCUT2D eigenvalue weighted by Crippen LogP contribution is -3.17. The van der Waals surface area contributed by atoms with Gasteiger partial charge in [0.2, 0.25) is 0 Å². The molecule has 64 valence electrons.